The van der Waals surface area contributed by atoms with Gasteiger partial charge in [0.1, 0.15) is 11.8 Å². The Morgan fingerprint density at radius 1 is 1.04 bits per heavy atom. The molecule has 0 aliphatic carbocycles. The molecule has 228 valence electrons. The van der Waals surface area contributed by atoms with Gasteiger partial charge in [-0.1, -0.05) is 31.2 Å². The van der Waals surface area contributed by atoms with Crippen molar-refractivity contribution in [3.05, 3.63) is 118 Å². The summed E-state index contributed by atoms with van der Waals surface area (Å²) in [7, 11) is 2.19. The van der Waals surface area contributed by atoms with Gasteiger partial charge in [0.2, 0.25) is 5.95 Å². The van der Waals surface area contributed by atoms with Crippen LogP contribution in [0.25, 0.3) is 11.0 Å². The minimum absolute atomic E-state index is 0.00982. The lowest BCUT2D eigenvalue weighted by Crippen LogP contribution is -2.30. The largest absolute Gasteiger partial charge is 0.404 e. The second-order valence-corrected chi connectivity index (χ2v) is 11.5. The number of piperidine rings is 1. The fourth-order valence-corrected chi connectivity index (χ4v) is 5.67. The van der Waals surface area contributed by atoms with Crippen molar-refractivity contribution in [1.82, 2.24) is 24.4 Å². The summed E-state index contributed by atoms with van der Waals surface area (Å²) in [5.74, 6) is 3.32. The number of benzene rings is 2. The third-order valence-electron chi connectivity index (χ3n) is 8.30. The molecule has 0 atom stereocenters. The van der Waals surface area contributed by atoms with Gasteiger partial charge >= 0.3 is 0 Å². The molecule has 0 unspecified atom stereocenters. The van der Waals surface area contributed by atoms with Crippen LogP contribution in [0.5, 0.6) is 5.75 Å². The van der Waals surface area contributed by atoms with E-state index in [1.54, 1.807) is 35.2 Å². The number of anilines is 2. The molecule has 2 aromatic carbocycles. The number of fused-ring (bicyclic) bond motifs is 1. The molecule has 1 aliphatic rings. The molecule has 0 bridgehead atoms. The van der Waals surface area contributed by atoms with Gasteiger partial charge in [0.05, 0.1) is 12.1 Å². The Morgan fingerprint density at radius 3 is 2.62 bits per heavy atom. The SMILES string of the molecule is CCc1cnccc1Cn1c(=O)c(C#COc2ccccc2F)cc2cnc(Nc3ccc(CC4CCN(C)CC4)cc3)nc21. The lowest BCUT2D eigenvalue weighted by Gasteiger charge is -2.28. The fraction of sp³-hybridized carbons (Fsp3) is 0.278. The Bertz CT molecular complexity index is 1920. The summed E-state index contributed by atoms with van der Waals surface area (Å²) in [5, 5.41) is 3.94. The number of nitrogens with one attached hydrogen (secondary N) is 1. The van der Waals surface area contributed by atoms with Crippen molar-refractivity contribution in [3.63, 3.8) is 0 Å². The van der Waals surface area contributed by atoms with Gasteiger partial charge in [-0.3, -0.25) is 14.3 Å². The Hall–Kier alpha value is -5.07. The van der Waals surface area contributed by atoms with Crippen molar-refractivity contribution >= 4 is 22.7 Å². The van der Waals surface area contributed by atoms with Crippen molar-refractivity contribution in [3.8, 4) is 17.8 Å². The number of halogens is 1. The number of nitrogens with zero attached hydrogens (tertiary/aromatic N) is 5. The molecule has 0 amide bonds. The number of para-hydroxylation sites is 1. The zero-order chi connectivity index (χ0) is 31.2. The number of rotatable bonds is 8. The van der Waals surface area contributed by atoms with Gasteiger partial charge in [-0.2, -0.15) is 4.98 Å². The quantitative estimate of drug-likeness (QED) is 0.220. The third-order valence-corrected chi connectivity index (χ3v) is 8.30. The highest BCUT2D eigenvalue weighted by Gasteiger charge is 2.17. The summed E-state index contributed by atoms with van der Waals surface area (Å²) in [6, 6.07) is 17.9. The number of pyridine rings is 2. The number of aromatic nitrogens is 4. The van der Waals surface area contributed by atoms with E-state index in [-0.39, 0.29) is 23.4 Å². The lowest BCUT2D eigenvalue weighted by atomic mass is 9.90. The first-order valence-corrected chi connectivity index (χ1v) is 15.3. The highest BCUT2D eigenvalue weighted by atomic mass is 19.1. The second kappa shape index (κ2) is 13.7. The average molecular weight is 603 g/mol. The fourth-order valence-electron chi connectivity index (χ4n) is 5.67. The molecule has 45 heavy (non-hydrogen) atoms. The molecular formula is C36H35FN6O2. The van der Waals surface area contributed by atoms with E-state index in [2.05, 4.69) is 51.4 Å². The van der Waals surface area contributed by atoms with Crippen molar-refractivity contribution < 1.29 is 9.13 Å². The molecule has 1 fully saturated rings. The van der Waals surface area contributed by atoms with E-state index in [4.69, 9.17) is 9.72 Å². The molecule has 1 saturated heterocycles. The Labute approximate surface area is 261 Å². The normalized spacial score (nSPS) is 13.8. The monoisotopic (exact) mass is 602 g/mol. The van der Waals surface area contributed by atoms with Gasteiger partial charge in [-0.05, 0) is 111 Å². The Morgan fingerprint density at radius 2 is 1.84 bits per heavy atom. The van der Waals surface area contributed by atoms with Gasteiger partial charge in [0.15, 0.2) is 11.6 Å². The molecule has 0 spiro atoms. The summed E-state index contributed by atoms with van der Waals surface area (Å²) in [6.07, 6.45) is 12.0. The first kappa shape index (κ1) is 30.0. The topological polar surface area (TPSA) is 85.2 Å². The van der Waals surface area contributed by atoms with Gasteiger partial charge in [0.25, 0.3) is 5.56 Å². The molecule has 8 nitrogen and oxygen atoms in total. The van der Waals surface area contributed by atoms with Crippen molar-refractivity contribution in [2.24, 2.45) is 5.92 Å². The van der Waals surface area contributed by atoms with Crippen molar-refractivity contribution in [2.45, 2.75) is 39.2 Å². The molecule has 9 heteroatoms. The minimum Gasteiger partial charge on any atom is -0.404 e. The van der Waals surface area contributed by atoms with Crippen molar-refractivity contribution in [1.29, 1.82) is 0 Å². The van der Waals surface area contributed by atoms with E-state index in [1.807, 2.05) is 31.3 Å². The van der Waals surface area contributed by atoms with Crippen molar-refractivity contribution in [2.75, 3.05) is 25.5 Å². The molecule has 0 saturated carbocycles. The maximum absolute atomic E-state index is 14.0. The van der Waals surface area contributed by atoms with E-state index in [9.17, 15) is 9.18 Å². The molecule has 3 aromatic heterocycles. The molecule has 1 aliphatic heterocycles. The number of ether oxygens (including phenoxy) is 1. The lowest BCUT2D eigenvalue weighted by molar-refractivity contribution is 0.219. The van der Waals surface area contributed by atoms with E-state index < -0.39 is 5.82 Å². The molecule has 1 N–H and O–H groups in total. The summed E-state index contributed by atoms with van der Waals surface area (Å²) in [5.41, 5.74) is 4.49. The Balaban J connectivity index is 1.30. The summed E-state index contributed by atoms with van der Waals surface area (Å²) in [6.45, 7) is 4.63. The van der Waals surface area contributed by atoms with E-state index >= 15 is 0 Å². The maximum Gasteiger partial charge on any atom is 0.268 e. The number of likely N-dealkylation sites (tertiary alicyclic amines) is 1. The predicted octanol–water partition coefficient (Wildman–Crippen LogP) is 5.95. The van der Waals surface area contributed by atoms with E-state index in [0.717, 1.165) is 48.7 Å². The van der Waals surface area contributed by atoms with Gasteiger partial charge in [-0.25, -0.2) is 9.37 Å². The zero-order valence-corrected chi connectivity index (χ0v) is 25.5. The van der Waals surface area contributed by atoms with Crippen LogP contribution < -0.4 is 15.6 Å². The second-order valence-electron chi connectivity index (χ2n) is 11.5. The van der Waals surface area contributed by atoms with E-state index in [0.29, 0.717) is 17.0 Å². The average Bonchev–Trinajstić information content (AvgIpc) is 3.06. The molecule has 4 heterocycles. The van der Waals surface area contributed by atoms with E-state index in [1.165, 1.54) is 30.5 Å². The van der Waals surface area contributed by atoms with Gasteiger partial charge in [0, 0.05) is 29.7 Å². The van der Waals surface area contributed by atoms with Gasteiger partial charge < -0.3 is 15.0 Å². The van der Waals surface area contributed by atoms with Crippen LogP contribution in [0, 0.1) is 23.8 Å². The number of hydrogen-bond acceptors (Lipinski definition) is 7. The van der Waals surface area contributed by atoms with Crippen LogP contribution in [0.4, 0.5) is 16.0 Å². The smallest absolute Gasteiger partial charge is 0.268 e. The van der Waals surface area contributed by atoms with Crippen LogP contribution in [0.2, 0.25) is 0 Å². The predicted molar refractivity (Wildman–Crippen MR) is 174 cm³/mol. The summed E-state index contributed by atoms with van der Waals surface area (Å²) in [4.78, 5) is 29.8. The highest BCUT2D eigenvalue weighted by Crippen LogP contribution is 2.23. The highest BCUT2D eigenvalue weighted by molar-refractivity contribution is 5.77. The Kier molecular flexibility index (Phi) is 9.13. The van der Waals surface area contributed by atoms with Crippen LogP contribution in [-0.4, -0.2) is 44.6 Å². The number of aryl methyl sites for hydroxylation is 1. The van der Waals surface area contributed by atoms with Crippen LogP contribution in [0.1, 0.15) is 42.0 Å². The molecule has 0 radical (unpaired) electrons. The molecule has 6 rings (SSSR count). The first-order valence-electron chi connectivity index (χ1n) is 15.3. The van der Waals surface area contributed by atoms with Crippen LogP contribution in [0.15, 0.2) is 84.0 Å². The van der Waals surface area contributed by atoms with Gasteiger partial charge in [-0.15, -0.1) is 0 Å². The first-order chi connectivity index (χ1) is 22.0. The minimum atomic E-state index is -0.534. The molecular weight excluding hydrogens is 567 g/mol. The third kappa shape index (κ3) is 7.19. The number of hydrogen-bond donors (Lipinski definition) is 1. The maximum atomic E-state index is 14.0. The zero-order valence-electron chi connectivity index (χ0n) is 25.5. The van der Waals surface area contributed by atoms with Crippen LogP contribution in [0.3, 0.4) is 0 Å². The summed E-state index contributed by atoms with van der Waals surface area (Å²) < 4.78 is 20.9. The standard InChI is InChI=1S/C36H35FN6O2/c1-3-27-22-38-16-12-29(27)24-43-34-30(21-28(35(43)44)15-19-45-33-7-5-4-6-32(33)37)23-39-36(41-34)40-31-10-8-25(9-11-31)20-26-13-17-42(2)18-14-26/h4-12,16,21-23,26H,3,13-14,17-18,20,24H2,1-2H3,(H,39,40,41). The van der Waals surface area contributed by atoms with Crippen LogP contribution in [-0.2, 0) is 19.4 Å². The molecule has 5 aromatic rings. The summed E-state index contributed by atoms with van der Waals surface area (Å²) >= 11 is 0. The van der Waals surface area contributed by atoms with Crippen LogP contribution >= 0.6 is 0 Å².